The summed E-state index contributed by atoms with van der Waals surface area (Å²) < 4.78 is 46.4. The second-order valence-corrected chi connectivity index (χ2v) is 3.73. The molecule has 1 heterocycles. The molecule has 0 bridgehead atoms. The molecule has 0 fully saturated rings. The molecular formula is C12H11F3N2O2. The number of alkyl halides is 2. The Hall–Kier alpha value is -2.31. The van der Waals surface area contributed by atoms with E-state index in [1.165, 1.54) is 12.5 Å². The summed E-state index contributed by atoms with van der Waals surface area (Å²) in [5, 5.41) is 2.88. The topological polar surface area (TPSA) is 60.4 Å². The first kappa shape index (κ1) is 13.1. The number of nitrogens with two attached hydrogens (primary N) is 1. The lowest BCUT2D eigenvalue weighted by molar-refractivity contribution is -0.0521. The van der Waals surface area contributed by atoms with Gasteiger partial charge in [0.05, 0.1) is 23.9 Å². The molecule has 7 heteroatoms. The fourth-order valence-electron chi connectivity index (χ4n) is 1.50. The van der Waals surface area contributed by atoms with Crippen molar-refractivity contribution in [3.63, 3.8) is 0 Å². The molecule has 19 heavy (non-hydrogen) atoms. The summed E-state index contributed by atoms with van der Waals surface area (Å²) in [6.45, 7) is -2.74. The Morgan fingerprint density at radius 2 is 2.16 bits per heavy atom. The van der Waals surface area contributed by atoms with Gasteiger partial charge in [0.1, 0.15) is 0 Å². The van der Waals surface area contributed by atoms with Crippen molar-refractivity contribution >= 4 is 11.4 Å². The first-order valence-electron chi connectivity index (χ1n) is 5.35. The van der Waals surface area contributed by atoms with Gasteiger partial charge in [0.15, 0.2) is 11.6 Å². The molecule has 0 aliphatic heterocycles. The van der Waals surface area contributed by atoms with Crippen LogP contribution in [0.1, 0.15) is 5.56 Å². The van der Waals surface area contributed by atoms with Crippen molar-refractivity contribution in [1.82, 2.24) is 0 Å². The zero-order valence-electron chi connectivity index (χ0n) is 9.70. The summed E-state index contributed by atoms with van der Waals surface area (Å²) in [5.41, 5.74) is 6.83. The summed E-state index contributed by atoms with van der Waals surface area (Å²) in [5.74, 6) is -1.49. The predicted molar refractivity (Wildman–Crippen MR) is 63.5 cm³/mol. The van der Waals surface area contributed by atoms with Crippen molar-refractivity contribution in [1.29, 1.82) is 0 Å². The van der Waals surface area contributed by atoms with Crippen molar-refractivity contribution in [2.45, 2.75) is 13.2 Å². The molecule has 0 atom stereocenters. The standard InChI is InChI=1S/C12H11F3N2O2/c13-8-3-9(16)10(4-11(8)19-12(14)15)17-5-7-1-2-18-6-7/h1-4,6,12,17H,5,16H2. The fraction of sp³-hybridized carbons (Fsp3) is 0.167. The van der Waals surface area contributed by atoms with Crippen LogP contribution in [0.2, 0.25) is 0 Å². The van der Waals surface area contributed by atoms with Crippen LogP contribution >= 0.6 is 0 Å². The van der Waals surface area contributed by atoms with Gasteiger partial charge in [-0.1, -0.05) is 0 Å². The largest absolute Gasteiger partial charge is 0.472 e. The number of nitrogen functional groups attached to an aromatic ring is 1. The third-order valence-corrected chi connectivity index (χ3v) is 2.38. The molecule has 0 saturated carbocycles. The molecule has 0 unspecified atom stereocenters. The molecule has 0 spiro atoms. The maximum absolute atomic E-state index is 13.3. The number of nitrogens with one attached hydrogen (secondary N) is 1. The van der Waals surface area contributed by atoms with E-state index in [9.17, 15) is 13.2 Å². The maximum Gasteiger partial charge on any atom is 0.387 e. The molecule has 0 aliphatic rings. The molecule has 4 nitrogen and oxygen atoms in total. The Kier molecular flexibility index (Phi) is 3.84. The minimum absolute atomic E-state index is 0.0996. The van der Waals surface area contributed by atoms with Crippen LogP contribution in [0.3, 0.4) is 0 Å². The van der Waals surface area contributed by atoms with Gasteiger partial charge in [-0.2, -0.15) is 8.78 Å². The average molecular weight is 272 g/mol. The number of furan rings is 1. The zero-order valence-corrected chi connectivity index (χ0v) is 9.70. The highest BCUT2D eigenvalue weighted by atomic mass is 19.3. The molecule has 102 valence electrons. The highest BCUT2D eigenvalue weighted by Crippen LogP contribution is 2.29. The molecule has 2 aromatic rings. The van der Waals surface area contributed by atoms with Crippen LogP contribution in [-0.4, -0.2) is 6.61 Å². The summed E-state index contributed by atoms with van der Waals surface area (Å²) >= 11 is 0. The molecule has 0 amide bonds. The number of anilines is 2. The van der Waals surface area contributed by atoms with Gasteiger partial charge in [0, 0.05) is 24.2 Å². The monoisotopic (exact) mass is 272 g/mol. The van der Waals surface area contributed by atoms with Crippen LogP contribution < -0.4 is 15.8 Å². The van der Waals surface area contributed by atoms with E-state index in [2.05, 4.69) is 10.1 Å². The van der Waals surface area contributed by atoms with Crippen molar-refractivity contribution in [3.05, 3.63) is 42.1 Å². The average Bonchev–Trinajstić information content (AvgIpc) is 2.83. The molecule has 1 aromatic carbocycles. The number of rotatable bonds is 5. The number of benzene rings is 1. The predicted octanol–water partition coefficient (Wildman–Crippen LogP) is 3.21. The van der Waals surface area contributed by atoms with E-state index in [0.29, 0.717) is 12.2 Å². The minimum Gasteiger partial charge on any atom is -0.472 e. The van der Waals surface area contributed by atoms with E-state index < -0.39 is 18.2 Å². The molecule has 0 radical (unpaired) electrons. The van der Waals surface area contributed by atoms with Crippen LogP contribution in [-0.2, 0) is 6.54 Å². The van der Waals surface area contributed by atoms with E-state index in [1.54, 1.807) is 6.07 Å². The lowest BCUT2D eigenvalue weighted by atomic mass is 10.2. The fourth-order valence-corrected chi connectivity index (χ4v) is 1.50. The Labute approximate surface area is 107 Å². The van der Waals surface area contributed by atoms with Gasteiger partial charge in [-0.05, 0) is 6.07 Å². The molecule has 1 aromatic heterocycles. The van der Waals surface area contributed by atoms with Gasteiger partial charge >= 0.3 is 6.61 Å². The number of halogens is 3. The Morgan fingerprint density at radius 3 is 2.79 bits per heavy atom. The second kappa shape index (κ2) is 5.55. The lowest BCUT2D eigenvalue weighted by Crippen LogP contribution is -2.07. The minimum atomic E-state index is -3.10. The van der Waals surface area contributed by atoms with Crippen LogP contribution in [0.4, 0.5) is 24.5 Å². The third kappa shape index (κ3) is 3.34. The molecule has 3 N–H and O–H groups in total. The van der Waals surface area contributed by atoms with Gasteiger partial charge in [0.25, 0.3) is 0 Å². The van der Waals surface area contributed by atoms with Crippen LogP contribution in [0, 0.1) is 5.82 Å². The Balaban J connectivity index is 2.15. The quantitative estimate of drug-likeness (QED) is 0.820. The first-order valence-corrected chi connectivity index (χ1v) is 5.35. The van der Waals surface area contributed by atoms with Crippen molar-refractivity contribution in [2.75, 3.05) is 11.1 Å². The molecule has 0 aliphatic carbocycles. The normalized spacial score (nSPS) is 10.7. The maximum atomic E-state index is 13.3. The summed E-state index contributed by atoms with van der Waals surface area (Å²) in [6, 6.07) is 3.75. The van der Waals surface area contributed by atoms with Gasteiger partial charge in [-0.15, -0.1) is 0 Å². The highest BCUT2D eigenvalue weighted by molar-refractivity contribution is 5.68. The van der Waals surface area contributed by atoms with E-state index in [0.717, 1.165) is 17.7 Å². The van der Waals surface area contributed by atoms with Crippen LogP contribution in [0.5, 0.6) is 5.75 Å². The SMILES string of the molecule is Nc1cc(F)c(OC(F)F)cc1NCc1ccoc1. The Morgan fingerprint density at radius 1 is 1.37 bits per heavy atom. The van der Waals surface area contributed by atoms with Gasteiger partial charge in [-0.3, -0.25) is 0 Å². The van der Waals surface area contributed by atoms with Crippen molar-refractivity contribution in [3.8, 4) is 5.75 Å². The van der Waals surface area contributed by atoms with Crippen molar-refractivity contribution in [2.24, 2.45) is 0 Å². The molecule has 2 rings (SSSR count). The number of hydrogen-bond donors (Lipinski definition) is 2. The third-order valence-electron chi connectivity index (χ3n) is 2.38. The van der Waals surface area contributed by atoms with Gasteiger partial charge < -0.3 is 20.2 Å². The van der Waals surface area contributed by atoms with E-state index >= 15 is 0 Å². The number of ether oxygens (including phenoxy) is 1. The smallest absolute Gasteiger partial charge is 0.387 e. The van der Waals surface area contributed by atoms with E-state index in [4.69, 9.17) is 10.2 Å². The molecular weight excluding hydrogens is 261 g/mol. The first-order chi connectivity index (χ1) is 9.06. The second-order valence-electron chi connectivity index (χ2n) is 3.73. The van der Waals surface area contributed by atoms with Gasteiger partial charge in [-0.25, -0.2) is 4.39 Å². The van der Waals surface area contributed by atoms with Gasteiger partial charge in [0.2, 0.25) is 0 Å². The Bertz CT molecular complexity index is 544. The van der Waals surface area contributed by atoms with E-state index in [1.807, 2.05) is 0 Å². The zero-order chi connectivity index (χ0) is 13.8. The van der Waals surface area contributed by atoms with Crippen LogP contribution in [0.15, 0.2) is 35.1 Å². The van der Waals surface area contributed by atoms with Crippen LogP contribution in [0.25, 0.3) is 0 Å². The van der Waals surface area contributed by atoms with E-state index in [-0.39, 0.29) is 5.69 Å². The molecule has 0 saturated heterocycles. The van der Waals surface area contributed by atoms with Crippen molar-refractivity contribution < 1.29 is 22.3 Å². The number of hydrogen-bond acceptors (Lipinski definition) is 4. The lowest BCUT2D eigenvalue weighted by Gasteiger charge is -2.12. The summed E-state index contributed by atoms with van der Waals surface area (Å²) in [6.07, 6.45) is 3.01. The highest BCUT2D eigenvalue weighted by Gasteiger charge is 2.13. The summed E-state index contributed by atoms with van der Waals surface area (Å²) in [4.78, 5) is 0. The summed E-state index contributed by atoms with van der Waals surface area (Å²) in [7, 11) is 0.